The second-order valence-corrected chi connectivity index (χ2v) is 7.80. The van der Waals surface area contributed by atoms with Crippen LogP contribution < -0.4 is 10.1 Å². The van der Waals surface area contributed by atoms with E-state index in [1.807, 2.05) is 0 Å². The molecule has 3 aromatic rings. The summed E-state index contributed by atoms with van der Waals surface area (Å²) in [5.74, 6) is -3.87. The van der Waals surface area contributed by atoms with E-state index in [1.165, 1.54) is 0 Å². The molecule has 0 aliphatic rings. The summed E-state index contributed by atoms with van der Waals surface area (Å²) in [5.41, 5.74) is -2.43. The van der Waals surface area contributed by atoms with Crippen LogP contribution in [0.1, 0.15) is 28.2 Å². The van der Waals surface area contributed by atoms with Crippen molar-refractivity contribution in [2.45, 2.75) is 31.5 Å². The molecule has 16 heteroatoms. The Morgan fingerprint density at radius 2 is 1.63 bits per heavy atom. The second kappa shape index (κ2) is 12.0. The number of aliphatic carboxylic acids is 1. The largest absolute Gasteiger partial charge is 0.473 e. The quantitative estimate of drug-likeness (QED) is 0.223. The number of carbonyl (C=O) groups excluding carboxylic acids is 1. The number of benzene rings is 2. The van der Waals surface area contributed by atoms with E-state index in [4.69, 9.17) is 9.84 Å². The van der Waals surface area contributed by atoms with Crippen molar-refractivity contribution in [3.8, 4) is 6.01 Å². The zero-order chi connectivity index (χ0) is 27.9. The summed E-state index contributed by atoms with van der Waals surface area (Å²) in [6.45, 7) is -0.586. The van der Waals surface area contributed by atoms with E-state index in [-0.39, 0.29) is 31.5 Å². The van der Waals surface area contributed by atoms with Crippen LogP contribution in [0.15, 0.2) is 48.5 Å². The van der Waals surface area contributed by atoms with Gasteiger partial charge in [-0.2, -0.15) is 31.0 Å². The van der Waals surface area contributed by atoms with Gasteiger partial charge in [0.05, 0.1) is 31.0 Å². The molecule has 1 aromatic heterocycles. The molecule has 0 bridgehead atoms. The third kappa shape index (κ3) is 7.97. The Kier molecular flexibility index (Phi) is 9.00. The molecule has 0 aliphatic heterocycles. The molecule has 3 rings (SSSR count). The van der Waals surface area contributed by atoms with Crippen LogP contribution in [0, 0.1) is 0 Å². The van der Waals surface area contributed by atoms with Gasteiger partial charge in [-0.25, -0.2) is 9.59 Å². The van der Waals surface area contributed by atoms with E-state index in [0.29, 0.717) is 12.1 Å². The minimum absolute atomic E-state index is 0.0428. The average molecular weight is 547 g/mol. The molecule has 0 saturated carbocycles. The van der Waals surface area contributed by atoms with Gasteiger partial charge in [0.2, 0.25) is 0 Å². The van der Waals surface area contributed by atoms with Gasteiger partial charge in [0, 0.05) is 12.5 Å². The Morgan fingerprint density at radius 3 is 2.21 bits per heavy atom. The first-order valence-electron chi connectivity index (χ1n) is 10.7. The van der Waals surface area contributed by atoms with Gasteiger partial charge in [-0.15, -0.1) is 0 Å². The number of hydrogen-bond acceptors (Lipinski definition) is 8. The number of esters is 1. The summed E-state index contributed by atoms with van der Waals surface area (Å²) in [7, 11) is 0. The van der Waals surface area contributed by atoms with Crippen molar-refractivity contribution >= 4 is 11.9 Å². The molecule has 0 radical (unpaired) electrons. The standard InChI is InChI=1S/C22H19F6N5O5/c23-21(24,25)16-6-13(7-17(8-16)22(26,27)28)10-37-11-15(14-4-2-1-3-5-14)9-29-12-33-20(30-31-32-33)38-19(36)18(34)35/h1-8,15,29H,9-12H2,(H,34,35)/t15-/m0/s1. The van der Waals surface area contributed by atoms with Crippen molar-refractivity contribution in [2.75, 3.05) is 13.2 Å². The number of carboxylic acid groups (broad SMARTS) is 1. The Balaban J connectivity index is 1.67. The molecule has 204 valence electrons. The number of alkyl halides is 6. The number of rotatable bonds is 10. The number of carboxylic acids is 1. The number of nitrogens with zero attached hydrogens (tertiary/aromatic N) is 4. The van der Waals surface area contributed by atoms with E-state index < -0.39 is 54.0 Å². The molecule has 10 nitrogen and oxygen atoms in total. The van der Waals surface area contributed by atoms with Gasteiger partial charge in [0.15, 0.2) is 0 Å². The van der Waals surface area contributed by atoms with Gasteiger partial charge in [0.25, 0.3) is 0 Å². The first-order chi connectivity index (χ1) is 17.8. The maximum atomic E-state index is 13.1. The molecule has 0 spiro atoms. The molecule has 0 unspecified atom stereocenters. The summed E-state index contributed by atoms with van der Waals surface area (Å²) < 4.78 is 89.7. The molecular weight excluding hydrogens is 528 g/mol. The van der Waals surface area contributed by atoms with Crippen LogP contribution in [-0.4, -0.2) is 50.4 Å². The van der Waals surface area contributed by atoms with Gasteiger partial charge in [-0.1, -0.05) is 35.4 Å². The lowest BCUT2D eigenvalue weighted by Crippen LogP contribution is -2.28. The summed E-state index contributed by atoms with van der Waals surface area (Å²) in [4.78, 5) is 21.9. The monoisotopic (exact) mass is 547 g/mol. The summed E-state index contributed by atoms with van der Waals surface area (Å²) in [6, 6.07) is 9.47. The highest BCUT2D eigenvalue weighted by Crippen LogP contribution is 2.36. The number of nitrogens with one attached hydrogen (secondary N) is 1. The van der Waals surface area contributed by atoms with Gasteiger partial charge < -0.3 is 14.6 Å². The highest BCUT2D eigenvalue weighted by molar-refractivity contribution is 6.29. The molecule has 0 amide bonds. The van der Waals surface area contributed by atoms with Crippen molar-refractivity contribution in [2.24, 2.45) is 0 Å². The number of aromatic nitrogens is 4. The maximum absolute atomic E-state index is 13.1. The van der Waals surface area contributed by atoms with Crippen LogP contribution in [0.3, 0.4) is 0 Å². The third-order valence-corrected chi connectivity index (χ3v) is 5.02. The lowest BCUT2D eigenvalue weighted by Gasteiger charge is -2.19. The van der Waals surface area contributed by atoms with Gasteiger partial charge in [-0.05, 0) is 39.8 Å². The van der Waals surface area contributed by atoms with E-state index in [9.17, 15) is 35.9 Å². The van der Waals surface area contributed by atoms with Crippen molar-refractivity contribution < 1.29 is 50.5 Å². The highest BCUT2D eigenvalue weighted by atomic mass is 19.4. The van der Waals surface area contributed by atoms with Crippen molar-refractivity contribution in [1.82, 2.24) is 25.5 Å². The Labute approximate surface area is 210 Å². The zero-order valence-corrected chi connectivity index (χ0v) is 19.2. The van der Waals surface area contributed by atoms with Gasteiger partial charge in [-0.3, -0.25) is 5.32 Å². The maximum Gasteiger partial charge on any atom is 0.425 e. The smallest absolute Gasteiger partial charge is 0.425 e. The minimum atomic E-state index is -4.97. The molecular formula is C22H19F6N5O5. The van der Waals surface area contributed by atoms with Crippen LogP contribution >= 0.6 is 0 Å². The van der Waals surface area contributed by atoms with Crippen molar-refractivity contribution in [1.29, 1.82) is 0 Å². The molecule has 2 aromatic carbocycles. The summed E-state index contributed by atoms with van der Waals surface area (Å²) in [5, 5.41) is 21.8. The third-order valence-electron chi connectivity index (χ3n) is 5.02. The Morgan fingerprint density at radius 1 is 1.00 bits per heavy atom. The van der Waals surface area contributed by atoms with Gasteiger partial charge in [0.1, 0.15) is 0 Å². The lowest BCUT2D eigenvalue weighted by atomic mass is 10.00. The molecule has 0 aliphatic carbocycles. The zero-order valence-electron chi connectivity index (χ0n) is 19.2. The fourth-order valence-electron chi connectivity index (χ4n) is 3.26. The van der Waals surface area contributed by atoms with E-state index >= 15 is 0 Å². The molecule has 0 fully saturated rings. The van der Waals surface area contributed by atoms with E-state index in [0.717, 1.165) is 10.2 Å². The SMILES string of the molecule is O=C(O)C(=O)Oc1nnnn1CNC[C@@H](COCc1cc(C(F)(F)F)cc(C(F)(F)F)c1)c1ccccc1. The van der Waals surface area contributed by atoms with E-state index in [1.54, 1.807) is 30.3 Å². The first-order valence-corrected chi connectivity index (χ1v) is 10.7. The highest BCUT2D eigenvalue weighted by Gasteiger charge is 2.36. The predicted octanol–water partition coefficient (Wildman–Crippen LogP) is 3.25. The van der Waals surface area contributed by atoms with Crippen LogP contribution in [-0.2, 0) is 40.0 Å². The summed E-state index contributed by atoms with van der Waals surface area (Å²) >= 11 is 0. The fraction of sp³-hybridized carbons (Fsp3) is 0.318. The number of tetrazole rings is 1. The fourth-order valence-corrected chi connectivity index (χ4v) is 3.26. The number of hydrogen-bond donors (Lipinski definition) is 2. The molecule has 1 heterocycles. The lowest BCUT2D eigenvalue weighted by molar-refractivity contribution is -0.158. The Bertz CT molecular complexity index is 1220. The van der Waals surface area contributed by atoms with Crippen LogP contribution in [0.25, 0.3) is 0 Å². The molecule has 1 atom stereocenters. The predicted molar refractivity (Wildman–Crippen MR) is 114 cm³/mol. The average Bonchev–Trinajstić information content (AvgIpc) is 3.29. The normalized spacial score (nSPS) is 12.8. The van der Waals surface area contributed by atoms with Crippen LogP contribution in [0.5, 0.6) is 6.01 Å². The number of carbonyl (C=O) groups is 2. The first kappa shape index (κ1) is 28.5. The molecule has 0 saturated heterocycles. The molecule has 38 heavy (non-hydrogen) atoms. The topological polar surface area (TPSA) is 128 Å². The minimum Gasteiger partial charge on any atom is -0.473 e. The molecule has 2 N–H and O–H groups in total. The van der Waals surface area contributed by atoms with Gasteiger partial charge >= 0.3 is 30.3 Å². The summed E-state index contributed by atoms with van der Waals surface area (Å²) in [6.07, 6.45) is -9.94. The van der Waals surface area contributed by atoms with Crippen LogP contribution in [0.2, 0.25) is 0 Å². The van der Waals surface area contributed by atoms with Crippen LogP contribution in [0.4, 0.5) is 26.3 Å². The number of halogens is 6. The number of ether oxygens (including phenoxy) is 2. The van der Waals surface area contributed by atoms with Crippen molar-refractivity contribution in [3.05, 3.63) is 70.8 Å². The van der Waals surface area contributed by atoms with Crippen molar-refractivity contribution in [3.63, 3.8) is 0 Å². The van der Waals surface area contributed by atoms with E-state index in [2.05, 4.69) is 25.6 Å². The second-order valence-electron chi connectivity index (χ2n) is 7.80. The Hall–Kier alpha value is -4.05.